The maximum Gasteiger partial charge on any atom is 0.341 e. The Morgan fingerprint density at radius 2 is 2.29 bits per heavy atom. The number of halogens is 1. The molecule has 0 radical (unpaired) electrons. The second-order valence-corrected chi connectivity index (χ2v) is 3.61. The van der Waals surface area contributed by atoms with Crippen LogP contribution in [0.4, 0.5) is 0 Å². The van der Waals surface area contributed by atoms with Crippen molar-refractivity contribution in [1.29, 1.82) is 5.26 Å². The molecule has 72 valence electrons. The Kier molecular flexibility index (Phi) is 3.30. The van der Waals surface area contributed by atoms with E-state index in [-0.39, 0.29) is 11.3 Å². The summed E-state index contributed by atoms with van der Waals surface area (Å²) in [7, 11) is 1.21. The Hall–Kier alpha value is -1.29. The molecule has 0 aliphatic carbocycles. The molecule has 0 aliphatic heterocycles. The Morgan fingerprint density at radius 3 is 2.79 bits per heavy atom. The fourth-order valence-corrected chi connectivity index (χ4v) is 1.49. The van der Waals surface area contributed by atoms with Crippen LogP contribution in [-0.4, -0.2) is 18.2 Å². The molecule has 0 amide bonds. The van der Waals surface area contributed by atoms with Crippen LogP contribution in [0.5, 0.6) is 5.75 Å². The van der Waals surface area contributed by atoms with Crippen LogP contribution in [0.1, 0.15) is 15.9 Å². The highest BCUT2D eigenvalue weighted by Gasteiger charge is 2.14. The van der Waals surface area contributed by atoms with Gasteiger partial charge in [-0.25, -0.2) is 4.79 Å². The lowest BCUT2D eigenvalue weighted by Crippen LogP contribution is -2.02. The molecule has 0 aliphatic rings. The largest absolute Gasteiger partial charge is 0.507 e. The van der Waals surface area contributed by atoms with E-state index in [9.17, 15) is 9.90 Å². The van der Waals surface area contributed by atoms with E-state index in [4.69, 9.17) is 5.26 Å². The van der Waals surface area contributed by atoms with E-state index in [0.717, 1.165) is 0 Å². The summed E-state index contributed by atoms with van der Waals surface area (Å²) in [6, 6.07) is 4.58. The molecule has 0 spiro atoms. The Balaban J connectivity index is 3.33. The Bertz CT molecular complexity index is 423. The lowest BCUT2D eigenvalue weighted by atomic mass is 10.1. The predicted octanol–water partition coefficient (Wildman–Crippen LogP) is 1.66. The first kappa shape index (κ1) is 10.8. The van der Waals surface area contributed by atoms with Gasteiger partial charge >= 0.3 is 5.97 Å². The summed E-state index contributed by atoms with van der Waals surface area (Å²) in [5.41, 5.74) is 0.341. The van der Waals surface area contributed by atoms with Crippen LogP contribution in [0.3, 0.4) is 0 Å². The maximum atomic E-state index is 11.1. The van der Waals surface area contributed by atoms with E-state index in [1.807, 2.05) is 28.7 Å². The quantitative estimate of drug-likeness (QED) is 0.632. The number of phenolic OH excluding ortho intramolecular Hbond substituents is 1. The first-order chi connectivity index (χ1) is 6.60. The molecule has 0 atom stereocenters. The summed E-state index contributed by atoms with van der Waals surface area (Å²) in [6.45, 7) is 0. The van der Waals surface area contributed by atoms with Gasteiger partial charge in [-0.1, -0.05) is 0 Å². The van der Waals surface area contributed by atoms with Gasteiger partial charge in [0.25, 0.3) is 0 Å². The van der Waals surface area contributed by atoms with Crippen LogP contribution in [-0.2, 0) is 4.74 Å². The number of benzene rings is 1. The van der Waals surface area contributed by atoms with Crippen molar-refractivity contribution in [3.8, 4) is 11.8 Å². The lowest BCUT2D eigenvalue weighted by Gasteiger charge is -2.03. The SMILES string of the molecule is COC(=O)c1cc(C#N)c(I)cc1O. The summed E-state index contributed by atoms with van der Waals surface area (Å²) < 4.78 is 5.04. The minimum absolute atomic E-state index is 0.00414. The fraction of sp³-hybridized carbons (Fsp3) is 0.111. The molecule has 1 aromatic carbocycles. The Labute approximate surface area is 94.2 Å². The number of phenols is 1. The van der Waals surface area contributed by atoms with E-state index in [2.05, 4.69) is 4.74 Å². The molecule has 0 bridgehead atoms. The van der Waals surface area contributed by atoms with Crippen molar-refractivity contribution in [3.05, 3.63) is 26.8 Å². The number of hydrogen-bond donors (Lipinski definition) is 1. The minimum atomic E-state index is -0.657. The zero-order valence-corrected chi connectivity index (χ0v) is 9.40. The number of carbonyl (C=O) groups excluding carboxylic acids is 1. The van der Waals surface area contributed by atoms with Crippen molar-refractivity contribution in [3.63, 3.8) is 0 Å². The Morgan fingerprint density at radius 1 is 1.64 bits per heavy atom. The van der Waals surface area contributed by atoms with Crippen LogP contribution in [0.2, 0.25) is 0 Å². The van der Waals surface area contributed by atoms with Gasteiger partial charge in [-0.05, 0) is 34.7 Å². The number of carbonyl (C=O) groups is 1. The molecule has 0 aromatic heterocycles. The van der Waals surface area contributed by atoms with Crippen molar-refractivity contribution >= 4 is 28.6 Å². The highest BCUT2D eigenvalue weighted by Crippen LogP contribution is 2.24. The van der Waals surface area contributed by atoms with Gasteiger partial charge in [0.15, 0.2) is 0 Å². The molecule has 0 fully saturated rings. The van der Waals surface area contributed by atoms with Gasteiger partial charge in [0.05, 0.1) is 12.7 Å². The molecule has 0 heterocycles. The highest BCUT2D eigenvalue weighted by atomic mass is 127. The van der Waals surface area contributed by atoms with E-state index in [1.165, 1.54) is 19.2 Å². The van der Waals surface area contributed by atoms with Gasteiger partial charge in [-0.15, -0.1) is 0 Å². The second kappa shape index (κ2) is 4.28. The fourth-order valence-electron chi connectivity index (χ4n) is 0.922. The summed E-state index contributed by atoms with van der Waals surface area (Å²) in [5.74, 6) is -0.837. The molecule has 1 N–H and O–H groups in total. The van der Waals surface area contributed by atoms with Crippen molar-refractivity contribution < 1.29 is 14.6 Å². The van der Waals surface area contributed by atoms with Crippen LogP contribution >= 0.6 is 22.6 Å². The van der Waals surface area contributed by atoms with E-state index >= 15 is 0 Å². The molecule has 14 heavy (non-hydrogen) atoms. The molecule has 4 nitrogen and oxygen atoms in total. The zero-order chi connectivity index (χ0) is 10.7. The van der Waals surface area contributed by atoms with Crippen LogP contribution in [0.25, 0.3) is 0 Å². The summed E-state index contributed by atoms with van der Waals surface area (Å²) in [6.07, 6.45) is 0. The van der Waals surface area contributed by atoms with Crippen molar-refractivity contribution in [2.24, 2.45) is 0 Å². The molecule has 0 saturated carbocycles. The van der Waals surface area contributed by atoms with Crippen LogP contribution in [0, 0.1) is 14.9 Å². The molecule has 1 rings (SSSR count). The predicted molar refractivity (Wildman–Crippen MR) is 56.9 cm³/mol. The maximum absolute atomic E-state index is 11.1. The van der Waals surface area contributed by atoms with Gasteiger partial charge < -0.3 is 9.84 Å². The van der Waals surface area contributed by atoms with Gasteiger partial charge in [0, 0.05) is 3.57 Å². The van der Waals surface area contributed by atoms with Crippen molar-refractivity contribution in [2.75, 3.05) is 7.11 Å². The third-order valence-electron chi connectivity index (χ3n) is 1.61. The van der Waals surface area contributed by atoms with Crippen LogP contribution in [0.15, 0.2) is 12.1 Å². The zero-order valence-electron chi connectivity index (χ0n) is 7.24. The highest BCUT2D eigenvalue weighted by molar-refractivity contribution is 14.1. The van der Waals surface area contributed by atoms with Gasteiger partial charge in [-0.2, -0.15) is 5.26 Å². The monoisotopic (exact) mass is 303 g/mol. The standard InChI is InChI=1S/C9H6INO3/c1-14-9(13)6-2-5(4-11)7(10)3-8(6)12/h2-3,12H,1H3. The van der Waals surface area contributed by atoms with Crippen molar-refractivity contribution in [1.82, 2.24) is 0 Å². The third-order valence-corrected chi connectivity index (χ3v) is 2.50. The smallest absolute Gasteiger partial charge is 0.341 e. The average Bonchev–Trinajstić information content (AvgIpc) is 2.17. The molecule has 0 saturated heterocycles. The van der Waals surface area contributed by atoms with E-state index < -0.39 is 5.97 Å². The van der Waals surface area contributed by atoms with Crippen LogP contribution < -0.4 is 0 Å². The first-order valence-corrected chi connectivity index (χ1v) is 4.69. The number of ether oxygens (including phenoxy) is 1. The van der Waals surface area contributed by atoms with E-state index in [1.54, 1.807) is 0 Å². The van der Waals surface area contributed by atoms with Gasteiger partial charge in [0.2, 0.25) is 0 Å². The lowest BCUT2D eigenvalue weighted by molar-refractivity contribution is 0.0597. The number of aromatic hydroxyl groups is 1. The summed E-state index contributed by atoms with van der Waals surface area (Å²) in [5, 5.41) is 18.1. The van der Waals surface area contributed by atoms with Gasteiger partial charge in [-0.3, -0.25) is 0 Å². The summed E-state index contributed by atoms with van der Waals surface area (Å²) >= 11 is 1.90. The summed E-state index contributed by atoms with van der Waals surface area (Å²) in [4.78, 5) is 11.1. The molecular formula is C9H6INO3. The topological polar surface area (TPSA) is 70.3 Å². The molecule has 0 unspecified atom stereocenters. The molecule has 5 heteroatoms. The van der Waals surface area contributed by atoms with Crippen molar-refractivity contribution in [2.45, 2.75) is 0 Å². The van der Waals surface area contributed by atoms with E-state index in [0.29, 0.717) is 9.13 Å². The first-order valence-electron chi connectivity index (χ1n) is 3.61. The number of nitrogens with zero attached hydrogens (tertiary/aromatic N) is 1. The minimum Gasteiger partial charge on any atom is -0.507 e. The third kappa shape index (κ3) is 1.96. The second-order valence-electron chi connectivity index (χ2n) is 2.45. The molecule has 1 aromatic rings. The average molecular weight is 303 g/mol. The van der Waals surface area contributed by atoms with Gasteiger partial charge in [0.1, 0.15) is 17.4 Å². The number of rotatable bonds is 1. The number of esters is 1. The number of nitriles is 1. The number of hydrogen-bond acceptors (Lipinski definition) is 4. The normalized spacial score (nSPS) is 9.21. The number of methoxy groups -OCH3 is 1. The molecular weight excluding hydrogens is 297 g/mol.